The molecule has 0 aromatic rings. The molecule has 1 N–H and O–H groups in total. The molecule has 0 saturated carbocycles. The molecule has 0 spiro atoms. The molecule has 2 atom stereocenters. The minimum absolute atomic E-state index is 0.0179. The van der Waals surface area contributed by atoms with E-state index in [9.17, 15) is 19.0 Å². The third kappa shape index (κ3) is 60.4. The van der Waals surface area contributed by atoms with E-state index in [0.29, 0.717) is 23.9 Å². The van der Waals surface area contributed by atoms with Crippen molar-refractivity contribution in [2.75, 3.05) is 47.5 Å². The van der Waals surface area contributed by atoms with E-state index in [1.54, 1.807) is 0 Å². The van der Waals surface area contributed by atoms with Gasteiger partial charge >= 0.3 is 19.8 Å². The van der Waals surface area contributed by atoms with Crippen molar-refractivity contribution >= 4 is 19.8 Å². The van der Waals surface area contributed by atoms with Crippen LogP contribution < -0.4 is 0 Å². The molecule has 0 aliphatic rings. The van der Waals surface area contributed by atoms with E-state index in [1.807, 2.05) is 21.1 Å². The number of hydrogen-bond acceptors (Lipinski definition) is 7. The lowest BCUT2D eigenvalue weighted by Crippen LogP contribution is -2.37. The van der Waals surface area contributed by atoms with Crippen LogP contribution in [0.3, 0.4) is 0 Å². The minimum atomic E-state index is -4.41. The van der Waals surface area contributed by atoms with Crippen molar-refractivity contribution < 1.29 is 42.1 Å². The maximum absolute atomic E-state index is 12.8. The second-order valence-electron chi connectivity index (χ2n) is 22.1. The summed E-state index contributed by atoms with van der Waals surface area (Å²) in [5.74, 6) is -0.862. The summed E-state index contributed by atoms with van der Waals surface area (Å²) in [6.45, 7) is 4.28. The monoisotopic (exact) mass is 1080 g/mol. The second-order valence-corrected chi connectivity index (χ2v) is 23.5. The van der Waals surface area contributed by atoms with Crippen molar-refractivity contribution in [3.63, 3.8) is 0 Å². The first-order valence-corrected chi connectivity index (χ1v) is 32.8. The predicted molar refractivity (Wildman–Crippen MR) is 325 cm³/mol. The van der Waals surface area contributed by atoms with Crippen LogP contribution in [0.15, 0.2) is 85.1 Å². The van der Waals surface area contributed by atoms with Gasteiger partial charge in [-0.3, -0.25) is 18.6 Å². The maximum atomic E-state index is 12.8. The van der Waals surface area contributed by atoms with E-state index in [1.165, 1.54) is 167 Å². The fraction of sp³-hybridized carbons (Fsp3) is 0.758. The van der Waals surface area contributed by atoms with Gasteiger partial charge in [-0.1, -0.05) is 279 Å². The number of phosphoric acid groups is 1. The van der Waals surface area contributed by atoms with Crippen LogP contribution >= 0.6 is 7.82 Å². The number of likely N-dealkylation sites (N-methyl/N-ethyl adjacent to an activating group) is 1. The van der Waals surface area contributed by atoms with Crippen molar-refractivity contribution in [2.24, 2.45) is 0 Å². The van der Waals surface area contributed by atoms with Crippen LogP contribution in [-0.2, 0) is 32.7 Å². The van der Waals surface area contributed by atoms with Gasteiger partial charge in [-0.25, -0.2) is 4.57 Å². The molecule has 0 aliphatic carbocycles. The predicted octanol–water partition coefficient (Wildman–Crippen LogP) is 19.8. The van der Waals surface area contributed by atoms with E-state index in [4.69, 9.17) is 18.5 Å². The Kier molecular flexibility index (Phi) is 54.8. The zero-order valence-electron chi connectivity index (χ0n) is 50.0. The Bertz CT molecular complexity index is 1560. The number of ether oxygens (including phenoxy) is 2. The summed E-state index contributed by atoms with van der Waals surface area (Å²) in [4.78, 5) is 35.7. The van der Waals surface area contributed by atoms with Gasteiger partial charge in [0.15, 0.2) is 6.10 Å². The third-order valence-corrected chi connectivity index (χ3v) is 14.4. The van der Waals surface area contributed by atoms with Gasteiger partial charge in [-0.15, -0.1) is 0 Å². The number of phosphoric ester groups is 1. The highest BCUT2D eigenvalue weighted by Crippen LogP contribution is 2.43. The van der Waals surface area contributed by atoms with Crippen molar-refractivity contribution in [1.29, 1.82) is 0 Å². The SMILES string of the molecule is CC/C=C\C/C=C\C/C=C\C/C=C\C/C=C\C/C=C\C/C=C\CCCC(=O)OC(COC(=O)CCCCCCCCCCCCCCCCCCCCCCCCCCCCCCC)COP(=O)(O)OCC[N+](C)(C)C. The second kappa shape index (κ2) is 56.9. The van der Waals surface area contributed by atoms with Crippen molar-refractivity contribution in [3.05, 3.63) is 85.1 Å². The van der Waals surface area contributed by atoms with E-state index >= 15 is 0 Å². The molecule has 0 saturated heterocycles. The molecule has 0 bridgehead atoms. The minimum Gasteiger partial charge on any atom is -0.462 e. The van der Waals surface area contributed by atoms with Crippen LogP contribution in [0, 0.1) is 0 Å². The van der Waals surface area contributed by atoms with Gasteiger partial charge in [0, 0.05) is 12.8 Å². The van der Waals surface area contributed by atoms with Gasteiger partial charge in [0.05, 0.1) is 27.7 Å². The Morgan fingerprint density at radius 3 is 1.11 bits per heavy atom. The summed E-state index contributed by atoms with van der Waals surface area (Å²) in [6, 6.07) is 0. The first-order chi connectivity index (χ1) is 37.0. The number of allylic oxidation sites excluding steroid dienone is 14. The number of unbranched alkanes of at least 4 members (excludes halogenated alkanes) is 29. The summed E-state index contributed by atoms with van der Waals surface area (Å²) >= 11 is 0. The van der Waals surface area contributed by atoms with Crippen LogP contribution in [-0.4, -0.2) is 74.9 Å². The van der Waals surface area contributed by atoms with Gasteiger partial charge in [-0.2, -0.15) is 0 Å². The van der Waals surface area contributed by atoms with Crippen LogP contribution in [0.1, 0.15) is 271 Å². The number of carbonyl (C=O) groups excluding carboxylic acids is 2. The molecule has 2 unspecified atom stereocenters. The molecule has 0 radical (unpaired) electrons. The smallest absolute Gasteiger partial charge is 0.462 e. The molecule has 440 valence electrons. The summed E-state index contributed by atoms with van der Waals surface area (Å²) in [5, 5.41) is 0. The highest BCUT2D eigenvalue weighted by atomic mass is 31.2. The Morgan fingerprint density at radius 2 is 0.750 bits per heavy atom. The molecule has 0 aliphatic heterocycles. The zero-order valence-corrected chi connectivity index (χ0v) is 50.9. The van der Waals surface area contributed by atoms with Gasteiger partial charge < -0.3 is 18.9 Å². The van der Waals surface area contributed by atoms with E-state index in [2.05, 4.69) is 98.9 Å². The van der Waals surface area contributed by atoms with Gasteiger partial charge in [0.1, 0.15) is 19.8 Å². The number of rotatable bonds is 57. The topological polar surface area (TPSA) is 108 Å². The normalized spacial score (nSPS) is 13.8. The molecule has 0 heterocycles. The summed E-state index contributed by atoms with van der Waals surface area (Å²) < 4.78 is 34.5. The molecule has 0 aromatic carbocycles. The standard InChI is InChI=1S/C66H118NO8P/c1-6-8-10-12-14-16-18-20-22-24-26-28-30-31-32-33-34-35-37-38-40-42-44-46-48-50-52-54-56-58-65(68)72-62-64(63-74-76(70,71)73-61-60-67(3,4)5)75-66(69)59-57-55-53-51-49-47-45-43-41-39-36-29-27-25-23-21-19-17-15-13-11-9-7-2/h9,11,15,17,21,23,27,29,39,41,45,47,51,53,64H,6-8,10,12-14,16,18-20,22,24-26,28,30-38,40,42-44,46,48-50,52,54-63H2,1-5H3/p+1/b11-9-,17-15-,23-21-,29-27-,41-39-,47-45-,53-51-. The molecule has 0 rings (SSSR count). The lowest BCUT2D eigenvalue weighted by Gasteiger charge is -2.24. The van der Waals surface area contributed by atoms with E-state index < -0.39 is 26.5 Å². The Morgan fingerprint density at radius 1 is 0.421 bits per heavy atom. The molecule has 10 heteroatoms. The number of quaternary nitrogens is 1. The molecular weight excluding hydrogens is 966 g/mol. The van der Waals surface area contributed by atoms with Crippen molar-refractivity contribution in [1.82, 2.24) is 0 Å². The zero-order chi connectivity index (χ0) is 55.6. The largest absolute Gasteiger partial charge is 0.472 e. The molecular formula is C66H119NO8P+. The first-order valence-electron chi connectivity index (χ1n) is 31.3. The van der Waals surface area contributed by atoms with Crippen LogP contribution in [0.2, 0.25) is 0 Å². The highest BCUT2D eigenvalue weighted by molar-refractivity contribution is 7.47. The fourth-order valence-corrected chi connectivity index (χ4v) is 9.40. The molecule has 0 amide bonds. The highest BCUT2D eigenvalue weighted by Gasteiger charge is 2.27. The number of esters is 2. The molecule has 9 nitrogen and oxygen atoms in total. The first kappa shape index (κ1) is 73.2. The average Bonchev–Trinajstić information content (AvgIpc) is 3.38. The van der Waals surface area contributed by atoms with Crippen molar-refractivity contribution in [3.8, 4) is 0 Å². The number of hydrogen-bond donors (Lipinski definition) is 1. The summed E-state index contributed by atoms with van der Waals surface area (Å²) in [6.07, 6.45) is 76.9. The molecule has 76 heavy (non-hydrogen) atoms. The average molecular weight is 1090 g/mol. The van der Waals surface area contributed by atoms with Gasteiger partial charge in [0.25, 0.3) is 0 Å². The lowest BCUT2D eigenvalue weighted by atomic mass is 10.0. The van der Waals surface area contributed by atoms with Crippen LogP contribution in [0.25, 0.3) is 0 Å². The maximum Gasteiger partial charge on any atom is 0.472 e. The lowest BCUT2D eigenvalue weighted by molar-refractivity contribution is -0.870. The Balaban J connectivity index is 4.16. The molecule has 0 aromatic heterocycles. The van der Waals surface area contributed by atoms with Crippen LogP contribution in [0.4, 0.5) is 0 Å². The third-order valence-electron chi connectivity index (χ3n) is 13.4. The van der Waals surface area contributed by atoms with E-state index in [-0.39, 0.29) is 32.0 Å². The van der Waals surface area contributed by atoms with Crippen LogP contribution in [0.5, 0.6) is 0 Å². The number of carbonyl (C=O) groups is 2. The van der Waals surface area contributed by atoms with Gasteiger partial charge in [-0.05, 0) is 64.2 Å². The Hall–Kier alpha value is -2.81. The van der Waals surface area contributed by atoms with Gasteiger partial charge in [0.2, 0.25) is 0 Å². The summed E-state index contributed by atoms with van der Waals surface area (Å²) in [7, 11) is 1.44. The van der Waals surface area contributed by atoms with Crippen molar-refractivity contribution in [2.45, 2.75) is 277 Å². The Labute approximate surface area is 469 Å². The van der Waals surface area contributed by atoms with E-state index in [0.717, 1.165) is 64.2 Å². The molecule has 0 fully saturated rings. The summed E-state index contributed by atoms with van der Waals surface area (Å²) in [5.41, 5.74) is 0. The number of nitrogens with zero attached hydrogens (tertiary/aromatic N) is 1. The fourth-order valence-electron chi connectivity index (χ4n) is 8.65. The quantitative estimate of drug-likeness (QED) is 0.0211.